The highest BCUT2D eigenvalue weighted by Crippen LogP contribution is 2.24. The molecule has 0 radical (unpaired) electrons. The molecule has 0 fully saturated rings. The first-order valence-corrected chi connectivity index (χ1v) is 8.25. The molecule has 1 N–H and O–H groups in total. The van der Waals surface area contributed by atoms with E-state index < -0.39 is 41.1 Å². The number of hydrogen-bond acceptors (Lipinski definition) is 5. The Balaban J connectivity index is 1.78. The predicted molar refractivity (Wildman–Crippen MR) is 92.0 cm³/mol. The SMILES string of the molecule is Cn1cnc(Cn2c(=O)[nH]n(Cc3c(F)cc(F)c(F)c3-n3cccn3)c2=O)n1. The number of aromatic nitrogens is 8. The van der Waals surface area contributed by atoms with Crippen LogP contribution in [-0.2, 0) is 20.1 Å². The second-order valence-electron chi connectivity index (χ2n) is 6.14. The molecule has 0 saturated heterocycles. The summed E-state index contributed by atoms with van der Waals surface area (Å²) in [7, 11) is 1.62. The van der Waals surface area contributed by atoms with E-state index in [4.69, 9.17) is 0 Å². The quantitative estimate of drug-likeness (QED) is 0.475. The maximum Gasteiger partial charge on any atom is 0.347 e. The summed E-state index contributed by atoms with van der Waals surface area (Å²) in [6.07, 6.45) is 4.00. The second kappa shape index (κ2) is 6.92. The number of H-pyrrole nitrogens is 1. The van der Waals surface area contributed by atoms with Crippen molar-refractivity contribution in [3.8, 4) is 5.69 Å². The Bertz CT molecular complexity index is 1300. The van der Waals surface area contributed by atoms with Crippen molar-refractivity contribution in [3.63, 3.8) is 0 Å². The maximum atomic E-state index is 14.5. The first-order valence-electron chi connectivity index (χ1n) is 8.25. The molecule has 4 aromatic rings. The number of nitrogens with zero attached hydrogens (tertiary/aromatic N) is 7. The van der Waals surface area contributed by atoms with Gasteiger partial charge in [0.05, 0.1) is 13.1 Å². The number of nitrogens with one attached hydrogen (secondary N) is 1. The van der Waals surface area contributed by atoms with Crippen LogP contribution in [0, 0.1) is 17.5 Å². The van der Waals surface area contributed by atoms with Gasteiger partial charge in [-0.05, 0) is 6.07 Å². The fourth-order valence-electron chi connectivity index (χ4n) is 2.87. The predicted octanol–water partition coefficient (Wildman–Crippen LogP) is 0.166. The van der Waals surface area contributed by atoms with Crippen molar-refractivity contribution in [1.29, 1.82) is 0 Å². The molecule has 3 aromatic heterocycles. The molecule has 0 aliphatic carbocycles. The van der Waals surface area contributed by atoms with Gasteiger partial charge in [0.25, 0.3) is 0 Å². The van der Waals surface area contributed by atoms with Crippen LogP contribution in [0.5, 0.6) is 0 Å². The fourth-order valence-corrected chi connectivity index (χ4v) is 2.87. The summed E-state index contributed by atoms with van der Waals surface area (Å²) in [5, 5.41) is 10.0. The van der Waals surface area contributed by atoms with Crippen LogP contribution in [0.3, 0.4) is 0 Å². The van der Waals surface area contributed by atoms with Crippen molar-refractivity contribution in [2.24, 2.45) is 7.05 Å². The van der Waals surface area contributed by atoms with Gasteiger partial charge in [-0.25, -0.2) is 46.8 Å². The van der Waals surface area contributed by atoms with E-state index in [9.17, 15) is 22.8 Å². The molecule has 0 aliphatic heterocycles. The van der Waals surface area contributed by atoms with Crippen molar-refractivity contribution in [1.82, 2.24) is 38.9 Å². The van der Waals surface area contributed by atoms with E-state index in [1.165, 1.54) is 29.5 Å². The Morgan fingerprint density at radius 2 is 1.93 bits per heavy atom. The lowest BCUT2D eigenvalue weighted by Crippen LogP contribution is -2.30. The summed E-state index contributed by atoms with van der Waals surface area (Å²) < 4.78 is 46.5. The molecular weight excluding hydrogens is 393 g/mol. The van der Waals surface area contributed by atoms with Crippen LogP contribution in [0.4, 0.5) is 13.2 Å². The van der Waals surface area contributed by atoms with Crippen molar-refractivity contribution in [3.05, 3.63) is 80.7 Å². The van der Waals surface area contributed by atoms with Gasteiger partial charge in [-0.3, -0.25) is 4.68 Å². The molecule has 0 aliphatic rings. The normalized spacial score (nSPS) is 11.3. The van der Waals surface area contributed by atoms with Crippen LogP contribution in [0.1, 0.15) is 11.4 Å². The van der Waals surface area contributed by atoms with E-state index in [1.54, 1.807) is 7.05 Å². The molecule has 1 aromatic carbocycles. The number of aromatic amines is 1. The molecule has 0 saturated carbocycles. The number of aryl methyl sites for hydroxylation is 1. The topological polar surface area (TPSA) is 108 Å². The first kappa shape index (κ1) is 18.5. The van der Waals surface area contributed by atoms with E-state index in [0.29, 0.717) is 6.07 Å². The molecule has 4 rings (SSSR count). The minimum Gasteiger partial charge on any atom is -0.256 e. The van der Waals surface area contributed by atoms with E-state index in [2.05, 4.69) is 20.3 Å². The third-order valence-electron chi connectivity index (χ3n) is 4.18. The van der Waals surface area contributed by atoms with Crippen LogP contribution in [-0.4, -0.2) is 38.9 Å². The average Bonchev–Trinajstić information content (AvgIpc) is 3.39. The number of rotatable bonds is 5. The van der Waals surface area contributed by atoms with Crippen molar-refractivity contribution >= 4 is 0 Å². The number of benzene rings is 1. The zero-order valence-corrected chi connectivity index (χ0v) is 14.9. The van der Waals surface area contributed by atoms with Gasteiger partial charge in [-0.2, -0.15) is 10.2 Å². The first-order chi connectivity index (χ1) is 13.8. The third-order valence-corrected chi connectivity index (χ3v) is 4.18. The molecule has 3 heterocycles. The van der Waals surface area contributed by atoms with E-state index in [0.717, 1.165) is 13.9 Å². The second-order valence-corrected chi connectivity index (χ2v) is 6.14. The van der Waals surface area contributed by atoms with E-state index in [-0.39, 0.29) is 17.9 Å². The van der Waals surface area contributed by atoms with Gasteiger partial charge in [0.2, 0.25) is 0 Å². The standard InChI is InChI=1S/C16H13F3N8O2/c1-24-8-20-12(22-24)7-25-15(28)23-27(16(25)29)6-9-10(17)5-11(18)13(19)14(9)26-4-2-3-21-26/h2-5,8H,6-7H2,1H3,(H,23,28). The number of halogens is 3. The molecular formula is C16H13F3N8O2. The Kier molecular flexibility index (Phi) is 4.41. The van der Waals surface area contributed by atoms with Crippen LogP contribution >= 0.6 is 0 Å². The molecule has 0 amide bonds. The Morgan fingerprint density at radius 3 is 2.59 bits per heavy atom. The summed E-state index contributed by atoms with van der Waals surface area (Å²) in [5.41, 5.74) is -2.47. The van der Waals surface area contributed by atoms with Gasteiger partial charge in [0, 0.05) is 31.1 Å². The lowest BCUT2D eigenvalue weighted by Gasteiger charge is -2.12. The highest BCUT2D eigenvalue weighted by molar-refractivity contribution is 5.43. The van der Waals surface area contributed by atoms with Gasteiger partial charge in [0.1, 0.15) is 17.8 Å². The van der Waals surface area contributed by atoms with Crippen molar-refractivity contribution < 1.29 is 13.2 Å². The smallest absolute Gasteiger partial charge is 0.256 e. The van der Waals surface area contributed by atoms with E-state index in [1.807, 2.05) is 0 Å². The van der Waals surface area contributed by atoms with Crippen LogP contribution in [0.2, 0.25) is 0 Å². The van der Waals surface area contributed by atoms with Crippen LogP contribution in [0.15, 0.2) is 40.4 Å². The minimum atomic E-state index is -1.41. The third kappa shape index (κ3) is 3.26. The molecule has 150 valence electrons. The average molecular weight is 406 g/mol. The van der Waals surface area contributed by atoms with E-state index >= 15 is 0 Å². The highest BCUT2D eigenvalue weighted by atomic mass is 19.2. The zero-order valence-electron chi connectivity index (χ0n) is 14.9. The minimum absolute atomic E-state index is 0.214. The monoisotopic (exact) mass is 406 g/mol. The molecule has 0 bridgehead atoms. The summed E-state index contributed by atoms with van der Waals surface area (Å²) in [6, 6.07) is 1.81. The van der Waals surface area contributed by atoms with Gasteiger partial charge in [0.15, 0.2) is 17.5 Å². The molecule has 29 heavy (non-hydrogen) atoms. The van der Waals surface area contributed by atoms with Gasteiger partial charge in [-0.1, -0.05) is 0 Å². The summed E-state index contributed by atoms with van der Waals surface area (Å²) in [4.78, 5) is 28.7. The van der Waals surface area contributed by atoms with Gasteiger partial charge >= 0.3 is 11.4 Å². The molecule has 0 spiro atoms. The Hall–Kier alpha value is -3.90. The number of hydrogen-bond donors (Lipinski definition) is 1. The van der Waals surface area contributed by atoms with Crippen molar-refractivity contribution in [2.45, 2.75) is 13.1 Å². The van der Waals surface area contributed by atoms with Crippen LogP contribution in [0.25, 0.3) is 5.69 Å². The summed E-state index contributed by atoms with van der Waals surface area (Å²) in [5.74, 6) is -3.62. The molecule has 0 unspecified atom stereocenters. The lowest BCUT2D eigenvalue weighted by molar-refractivity contribution is 0.477. The molecule has 0 atom stereocenters. The highest BCUT2D eigenvalue weighted by Gasteiger charge is 2.23. The maximum absolute atomic E-state index is 14.5. The Labute approximate surface area is 159 Å². The van der Waals surface area contributed by atoms with Crippen molar-refractivity contribution in [2.75, 3.05) is 0 Å². The fraction of sp³-hybridized carbons (Fsp3) is 0.188. The van der Waals surface area contributed by atoms with Gasteiger partial charge < -0.3 is 0 Å². The summed E-state index contributed by atoms with van der Waals surface area (Å²) >= 11 is 0. The largest absolute Gasteiger partial charge is 0.347 e. The van der Waals surface area contributed by atoms with Crippen LogP contribution < -0.4 is 11.4 Å². The Morgan fingerprint density at radius 1 is 1.14 bits per heavy atom. The summed E-state index contributed by atoms with van der Waals surface area (Å²) in [6.45, 7) is -0.775. The zero-order chi connectivity index (χ0) is 20.7. The molecule has 13 heteroatoms. The van der Waals surface area contributed by atoms with Gasteiger partial charge in [-0.15, -0.1) is 0 Å². The molecule has 10 nitrogen and oxygen atoms in total. The lowest BCUT2D eigenvalue weighted by atomic mass is 10.1.